The predicted octanol–water partition coefficient (Wildman–Crippen LogP) is 6.97. The first-order chi connectivity index (χ1) is 16.3. The number of benzene rings is 4. The van der Waals surface area contributed by atoms with Crippen molar-refractivity contribution in [3.8, 4) is 0 Å². The average molecular weight is 429 g/mol. The molecule has 156 valence electrons. The smallest absolute Gasteiger partial charge is 0.124 e. The monoisotopic (exact) mass is 429 g/mol. The van der Waals surface area contributed by atoms with Crippen molar-refractivity contribution < 1.29 is 10.4 Å². The Balaban J connectivity index is 2.04. The van der Waals surface area contributed by atoms with Crippen LogP contribution in [-0.4, -0.2) is 10.4 Å². The maximum Gasteiger partial charge on any atom is 0.124 e. The normalized spacial score (nSPS) is 12.8. The molecule has 0 aliphatic rings. The van der Waals surface area contributed by atoms with E-state index in [1.165, 1.54) is 0 Å². The maximum atomic E-state index is 12.2. The van der Waals surface area contributed by atoms with Gasteiger partial charge in [0.15, 0.2) is 0 Å². The molecule has 0 saturated heterocycles. The summed E-state index contributed by atoms with van der Waals surface area (Å²) in [5.41, 5.74) is 3.31. The molecule has 0 aromatic heterocycles. The summed E-state index contributed by atoms with van der Waals surface area (Å²) in [6.07, 6.45) is 0. The first kappa shape index (κ1) is 18.1. The van der Waals surface area contributed by atoms with Crippen LogP contribution in [0.15, 0.2) is 83.1 Å². The second-order valence-corrected chi connectivity index (χ2v) is 8.26. The average Bonchev–Trinajstić information content (AvgIpc) is 3.48. The number of rotatable bonds is 2. The molecule has 0 heterocycles. The molecule has 6 heteroatoms. The van der Waals surface area contributed by atoms with Gasteiger partial charge in [0, 0.05) is 48.5 Å². The first-order valence-electron chi connectivity index (χ1n) is 10.5. The third-order valence-corrected chi connectivity index (χ3v) is 6.90. The van der Waals surface area contributed by atoms with E-state index < -0.39 is 0 Å². The molecule has 0 bridgehead atoms. The highest BCUT2D eigenvalue weighted by molar-refractivity contribution is 6.48. The molecule has 33 heavy (non-hydrogen) atoms. The van der Waals surface area contributed by atoms with E-state index >= 15 is 0 Å². The van der Waals surface area contributed by atoms with E-state index in [2.05, 4.69) is 15.8 Å². The summed E-state index contributed by atoms with van der Waals surface area (Å²) in [5, 5.41) is 37.8. The molecule has 3 N–H and O–H groups in total. The van der Waals surface area contributed by atoms with Crippen LogP contribution in [0.1, 0.15) is 0 Å². The van der Waals surface area contributed by atoms with Gasteiger partial charge in [-0.1, -0.05) is 78.0 Å². The first-order valence-corrected chi connectivity index (χ1v) is 10.5. The minimum absolute atomic E-state index is 0.349. The molecule has 0 unspecified atom stereocenters. The van der Waals surface area contributed by atoms with Crippen molar-refractivity contribution >= 4 is 76.0 Å². The number of hydrogen-bond donors (Lipinski definition) is 3. The highest BCUT2D eigenvalue weighted by Crippen LogP contribution is 2.53. The van der Waals surface area contributed by atoms with Gasteiger partial charge < -0.3 is 5.21 Å². The third kappa shape index (κ3) is 1.99. The number of nitrogens with zero attached hydrogens (tertiary/aromatic N) is 2. The molecule has 0 saturated carbocycles. The Bertz CT molecular complexity index is 2000. The molecule has 0 aliphatic heterocycles. The topological polar surface area (TPSA) is 94.3 Å². The van der Waals surface area contributed by atoms with Crippen LogP contribution in [0.2, 0.25) is 0 Å². The van der Waals surface area contributed by atoms with Crippen molar-refractivity contribution in [2.75, 3.05) is 5.48 Å². The molecule has 7 aromatic carbocycles. The minimum Gasteiger partial charge on any atom is -0.410 e. The van der Waals surface area contributed by atoms with Crippen LogP contribution in [0.4, 0.5) is 11.4 Å². The lowest BCUT2D eigenvalue weighted by Crippen LogP contribution is -1.98. The highest BCUT2D eigenvalue weighted by Gasteiger charge is 2.27. The van der Waals surface area contributed by atoms with Crippen molar-refractivity contribution in [1.29, 1.82) is 0 Å². The lowest BCUT2D eigenvalue weighted by molar-refractivity contribution is 0.304. The van der Waals surface area contributed by atoms with E-state index in [9.17, 15) is 15.3 Å². The SMILES string of the molecule is O=Nc1c2ccccc2c2c3c(NO)c4ccccc4c3c3/c(=N/O)c4ccccc4c3c12. The van der Waals surface area contributed by atoms with Gasteiger partial charge in [-0.2, -0.15) is 0 Å². The van der Waals surface area contributed by atoms with E-state index in [0.29, 0.717) is 22.1 Å². The molecule has 0 atom stereocenters. The number of nitrogens with one attached hydrogen (secondary N) is 1. The van der Waals surface area contributed by atoms with Crippen LogP contribution in [0.3, 0.4) is 0 Å². The van der Waals surface area contributed by atoms with Crippen LogP contribution in [0, 0.1) is 4.91 Å². The molecule has 6 nitrogen and oxygen atoms in total. The van der Waals surface area contributed by atoms with Crippen LogP contribution >= 0.6 is 0 Å². The Morgan fingerprint density at radius 2 is 1.06 bits per heavy atom. The van der Waals surface area contributed by atoms with Gasteiger partial charge in [0.2, 0.25) is 0 Å². The van der Waals surface area contributed by atoms with E-state index in [1.54, 1.807) is 0 Å². The minimum atomic E-state index is 0.349. The number of anilines is 1. The van der Waals surface area contributed by atoms with Gasteiger partial charge in [-0.15, -0.1) is 4.91 Å². The predicted molar refractivity (Wildman–Crippen MR) is 132 cm³/mol. The van der Waals surface area contributed by atoms with Gasteiger partial charge in [-0.25, -0.2) is 0 Å². The molecule has 7 rings (SSSR count). The molecule has 0 spiro atoms. The second-order valence-electron chi connectivity index (χ2n) is 8.26. The molecular weight excluding hydrogens is 414 g/mol. The zero-order chi connectivity index (χ0) is 22.3. The third-order valence-electron chi connectivity index (χ3n) is 6.90. The summed E-state index contributed by atoms with van der Waals surface area (Å²) in [5.74, 6) is 0. The second kappa shape index (κ2) is 6.25. The van der Waals surface area contributed by atoms with Crippen LogP contribution in [0.5, 0.6) is 0 Å². The quantitative estimate of drug-likeness (QED) is 0.157. The number of nitroso groups, excluding NO2 is 1. The summed E-state index contributed by atoms with van der Waals surface area (Å²) >= 11 is 0. The van der Waals surface area contributed by atoms with E-state index in [0.717, 1.165) is 59.2 Å². The number of fused-ring (bicyclic) bond motifs is 12. The zero-order valence-electron chi connectivity index (χ0n) is 17.1. The Morgan fingerprint density at radius 1 is 0.576 bits per heavy atom. The summed E-state index contributed by atoms with van der Waals surface area (Å²) < 4.78 is 0. The number of hydrogen-bond acceptors (Lipinski definition) is 6. The standard InChI is InChI=1S/C27H15N3O3/c31-28-25-16-10-4-1-7-13(16)19-22(25)20-15-9-3-6-12-18(15)27(30-33)24(20)21-14-8-2-5-11-17(14)26(29-32)23(19)21/h1-12,28,31-32H/b29-26+. The fraction of sp³-hybridized carbons (Fsp3) is 0. The van der Waals surface area contributed by atoms with Gasteiger partial charge >= 0.3 is 0 Å². The van der Waals surface area contributed by atoms with Gasteiger partial charge in [0.1, 0.15) is 11.0 Å². The molecule has 0 amide bonds. The van der Waals surface area contributed by atoms with Gasteiger partial charge in [-0.3, -0.25) is 10.7 Å². The molecule has 0 aliphatic carbocycles. The van der Waals surface area contributed by atoms with Crippen molar-refractivity contribution in [2.24, 2.45) is 10.3 Å². The van der Waals surface area contributed by atoms with E-state index in [-0.39, 0.29) is 0 Å². The molecular formula is C27H15N3O3. The fourth-order valence-electron chi connectivity index (χ4n) is 5.73. The Labute approximate surface area is 185 Å². The molecule has 7 aromatic rings. The summed E-state index contributed by atoms with van der Waals surface area (Å²) in [4.78, 5) is 12.2. The summed E-state index contributed by atoms with van der Waals surface area (Å²) in [7, 11) is 0. The lowest BCUT2D eigenvalue weighted by Gasteiger charge is -2.05. The van der Waals surface area contributed by atoms with Gasteiger partial charge in [0.25, 0.3) is 0 Å². The lowest BCUT2D eigenvalue weighted by atomic mass is 9.99. The van der Waals surface area contributed by atoms with Crippen molar-refractivity contribution in [3.63, 3.8) is 0 Å². The highest BCUT2D eigenvalue weighted by atomic mass is 16.5. The molecule has 0 fully saturated rings. The Hall–Kier alpha value is -4.55. The molecule has 0 radical (unpaired) electrons. The van der Waals surface area contributed by atoms with Crippen LogP contribution < -0.4 is 10.8 Å². The van der Waals surface area contributed by atoms with E-state index in [4.69, 9.17) is 0 Å². The van der Waals surface area contributed by atoms with Crippen molar-refractivity contribution in [1.82, 2.24) is 0 Å². The van der Waals surface area contributed by atoms with E-state index in [1.807, 2.05) is 72.8 Å². The van der Waals surface area contributed by atoms with Crippen LogP contribution in [0.25, 0.3) is 64.6 Å². The summed E-state index contributed by atoms with van der Waals surface area (Å²) in [6, 6.07) is 23.2. The fourth-order valence-corrected chi connectivity index (χ4v) is 5.73. The van der Waals surface area contributed by atoms with Crippen molar-refractivity contribution in [2.45, 2.75) is 0 Å². The maximum absolute atomic E-state index is 12.2. The van der Waals surface area contributed by atoms with Gasteiger partial charge in [0.05, 0.1) is 5.69 Å². The summed E-state index contributed by atoms with van der Waals surface area (Å²) in [6.45, 7) is 0. The largest absolute Gasteiger partial charge is 0.410 e. The zero-order valence-corrected chi connectivity index (χ0v) is 17.1. The van der Waals surface area contributed by atoms with Crippen LogP contribution in [-0.2, 0) is 0 Å². The van der Waals surface area contributed by atoms with Gasteiger partial charge in [-0.05, 0) is 21.3 Å². The Morgan fingerprint density at radius 3 is 1.67 bits per heavy atom. The Kier molecular flexibility index (Phi) is 3.42. The van der Waals surface area contributed by atoms with Crippen molar-refractivity contribution in [3.05, 3.63) is 83.1 Å².